The predicted molar refractivity (Wildman–Crippen MR) is 147 cm³/mol. The molecule has 0 unspecified atom stereocenters. The number of esters is 1. The van der Waals surface area contributed by atoms with Crippen molar-refractivity contribution in [3.63, 3.8) is 0 Å². The maximum absolute atomic E-state index is 12.1. The Morgan fingerprint density at radius 1 is 0.806 bits per heavy atom. The van der Waals surface area contributed by atoms with Gasteiger partial charge in [0.1, 0.15) is 11.5 Å². The summed E-state index contributed by atoms with van der Waals surface area (Å²) in [6.07, 6.45) is 15.1. The van der Waals surface area contributed by atoms with Gasteiger partial charge in [0.2, 0.25) is 0 Å². The normalized spacial score (nSPS) is 10.5. The molecule has 0 spiro atoms. The lowest BCUT2D eigenvalue weighted by Crippen LogP contribution is -2.10. The van der Waals surface area contributed by atoms with Crippen LogP contribution in [0.25, 0.3) is 0 Å². The van der Waals surface area contributed by atoms with Crippen LogP contribution in [0.3, 0.4) is 0 Å². The molecule has 0 heterocycles. The van der Waals surface area contributed by atoms with Gasteiger partial charge in [0.05, 0.1) is 18.8 Å². The van der Waals surface area contributed by atoms with Gasteiger partial charge in [-0.3, -0.25) is 9.59 Å². The van der Waals surface area contributed by atoms with E-state index in [1.165, 1.54) is 77.4 Å². The minimum atomic E-state index is -0.203. The van der Waals surface area contributed by atoms with Crippen molar-refractivity contribution < 1.29 is 24.2 Å². The van der Waals surface area contributed by atoms with E-state index in [-0.39, 0.29) is 29.2 Å². The number of ketones is 1. The van der Waals surface area contributed by atoms with E-state index in [0.717, 1.165) is 6.42 Å². The molecule has 36 heavy (non-hydrogen) atoms. The van der Waals surface area contributed by atoms with E-state index in [9.17, 15) is 14.7 Å². The standard InChI is InChI=1S/C17H34O2.C14H12O3/c1-4-5-6-7-8-9-10-11-12-13-14-15-17(18)19-16(2)3;1-17-11-7-8-12(13(15)9-11)14(16)10-5-3-2-4-6-10/h16H,4-15H2,1-3H3;2-9,15H,1H3. The fourth-order valence-corrected chi connectivity index (χ4v) is 3.83. The van der Waals surface area contributed by atoms with Crippen molar-refractivity contribution in [2.45, 2.75) is 104 Å². The summed E-state index contributed by atoms with van der Waals surface area (Å²) in [5.41, 5.74) is 0.824. The Balaban J connectivity index is 0.000000361. The third-order valence-corrected chi connectivity index (χ3v) is 5.84. The van der Waals surface area contributed by atoms with Gasteiger partial charge in [-0.2, -0.15) is 0 Å². The summed E-state index contributed by atoms with van der Waals surface area (Å²) in [6, 6.07) is 13.5. The molecule has 0 amide bonds. The van der Waals surface area contributed by atoms with Crippen LogP contribution in [0.1, 0.15) is 114 Å². The molecule has 0 radical (unpaired) electrons. The summed E-state index contributed by atoms with van der Waals surface area (Å²) < 4.78 is 10.1. The van der Waals surface area contributed by atoms with Gasteiger partial charge in [-0.15, -0.1) is 0 Å². The van der Waals surface area contributed by atoms with Gasteiger partial charge in [-0.05, 0) is 32.4 Å². The van der Waals surface area contributed by atoms with Crippen LogP contribution >= 0.6 is 0 Å². The van der Waals surface area contributed by atoms with E-state index < -0.39 is 0 Å². The number of hydrogen-bond donors (Lipinski definition) is 1. The van der Waals surface area contributed by atoms with Crippen molar-refractivity contribution in [2.24, 2.45) is 0 Å². The van der Waals surface area contributed by atoms with Gasteiger partial charge in [0.25, 0.3) is 0 Å². The molecular formula is C31H46O5. The van der Waals surface area contributed by atoms with Gasteiger partial charge < -0.3 is 14.6 Å². The van der Waals surface area contributed by atoms with Crippen molar-refractivity contribution in [1.29, 1.82) is 0 Å². The van der Waals surface area contributed by atoms with Crippen molar-refractivity contribution in [3.8, 4) is 11.5 Å². The van der Waals surface area contributed by atoms with Gasteiger partial charge in [0, 0.05) is 18.1 Å². The minimum Gasteiger partial charge on any atom is -0.507 e. The van der Waals surface area contributed by atoms with Gasteiger partial charge >= 0.3 is 5.97 Å². The van der Waals surface area contributed by atoms with E-state index in [1.54, 1.807) is 36.4 Å². The average molecular weight is 499 g/mol. The Morgan fingerprint density at radius 3 is 1.86 bits per heavy atom. The zero-order valence-corrected chi connectivity index (χ0v) is 22.8. The molecular weight excluding hydrogens is 452 g/mol. The zero-order valence-electron chi connectivity index (χ0n) is 22.8. The Labute approximate surface area is 218 Å². The van der Waals surface area contributed by atoms with Crippen molar-refractivity contribution in [1.82, 2.24) is 0 Å². The first-order valence-corrected chi connectivity index (χ1v) is 13.5. The number of carbonyl (C=O) groups is 2. The maximum Gasteiger partial charge on any atom is 0.306 e. The van der Waals surface area contributed by atoms with E-state index >= 15 is 0 Å². The second kappa shape index (κ2) is 19.4. The molecule has 0 aliphatic carbocycles. The lowest BCUT2D eigenvalue weighted by Gasteiger charge is -2.07. The maximum atomic E-state index is 12.1. The average Bonchev–Trinajstić information content (AvgIpc) is 2.87. The Kier molecular flexibility index (Phi) is 16.8. The molecule has 200 valence electrons. The van der Waals surface area contributed by atoms with Gasteiger partial charge in [-0.1, -0.05) is 101 Å². The summed E-state index contributed by atoms with van der Waals surface area (Å²) in [5.74, 6) is 0.210. The third kappa shape index (κ3) is 13.9. The lowest BCUT2D eigenvalue weighted by molar-refractivity contribution is -0.147. The molecule has 1 N–H and O–H groups in total. The number of benzene rings is 2. The number of unbranched alkanes of at least 4 members (excludes halogenated alkanes) is 10. The molecule has 2 aromatic carbocycles. The molecule has 0 bridgehead atoms. The molecule has 5 heteroatoms. The number of phenolic OH excluding ortho intramolecular Hbond substituents is 1. The smallest absolute Gasteiger partial charge is 0.306 e. The fraction of sp³-hybridized carbons (Fsp3) is 0.548. The number of phenols is 1. The minimum absolute atomic E-state index is 0.0280. The quantitative estimate of drug-likeness (QED) is 0.143. The molecule has 0 fully saturated rings. The SMILES string of the molecule is CCCCCCCCCCCCCC(=O)OC(C)C.COc1ccc(C(=O)c2ccccc2)c(O)c1. The van der Waals surface area contributed by atoms with E-state index in [4.69, 9.17) is 9.47 Å². The predicted octanol–water partition coefficient (Wildman–Crippen LogP) is 8.27. The summed E-state index contributed by atoms with van der Waals surface area (Å²) in [6.45, 7) is 6.06. The molecule has 0 aliphatic heterocycles. The first-order valence-electron chi connectivity index (χ1n) is 13.5. The number of hydrogen-bond acceptors (Lipinski definition) is 5. The second-order valence-corrected chi connectivity index (χ2v) is 9.40. The summed E-state index contributed by atoms with van der Waals surface area (Å²) in [7, 11) is 1.51. The molecule has 0 saturated carbocycles. The molecule has 0 aliphatic rings. The molecule has 2 aromatic rings. The van der Waals surface area contributed by atoms with Crippen LogP contribution in [0.4, 0.5) is 0 Å². The van der Waals surface area contributed by atoms with Crippen molar-refractivity contribution in [3.05, 3.63) is 59.7 Å². The number of aromatic hydroxyl groups is 1. The fourth-order valence-electron chi connectivity index (χ4n) is 3.83. The lowest BCUT2D eigenvalue weighted by atomic mass is 10.0. The molecule has 0 atom stereocenters. The molecule has 0 saturated heterocycles. The van der Waals surface area contributed by atoms with E-state index in [2.05, 4.69) is 6.92 Å². The highest BCUT2D eigenvalue weighted by Crippen LogP contribution is 2.25. The van der Waals surface area contributed by atoms with Crippen LogP contribution in [-0.2, 0) is 9.53 Å². The monoisotopic (exact) mass is 498 g/mol. The first kappa shape index (κ1) is 31.2. The number of carbonyl (C=O) groups excluding carboxylic acids is 2. The molecule has 0 aromatic heterocycles. The Hall–Kier alpha value is -2.82. The Bertz CT molecular complexity index is 861. The number of methoxy groups -OCH3 is 1. The third-order valence-electron chi connectivity index (χ3n) is 5.84. The van der Waals surface area contributed by atoms with Crippen LogP contribution in [0, 0.1) is 0 Å². The summed E-state index contributed by atoms with van der Waals surface area (Å²) in [4.78, 5) is 23.4. The van der Waals surface area contributed by atoms with Crippen LogP contribution in [0.15, 0.2) is 48.5 Å². The van der Waals surface area contributed by atoms with Crippen LogP contribution in [-0.4, -0.2) is 30.1 Å². The van der Waals surface area contributed by atoms with Gasteiger partial charge in [-0.25, -0.2) is 0 Å². The van der Waals surface area contributed by atoms with Crippen LogP contribution < -0.4 is 4.74 Å². The Morgan fingerprint density at radius 2 is 1.36 bits per heavy atom. The number of ether oxygens (including phenoxy) is 2. The van der Waals surface area contributed by atoms with E-state index in [0.29, 0.717) is 17.7 Å². The highest BCUT2D eigenvalue weighted by Gasteiger charge is 2.13. The molecule has 5 nitrogen and oxygen atoms in total. The van der Waals surface area contributed by atoms with Crippen LogP contribution in [0.2, 0.25) is 0 Å². The first-order chi connectivity index (χ1) is 17.4. The highest BCUT2D eigenvalue weighted by molar-refractivity contribution is 6.10. The molecule has 2 rings (SSSR count). The summed E-state index contributed by atoms with van der Waals surface area (Å²) >= 11 is 0. The zero-order chi connectivity index (χ0) is 26.6. The van der Waals surface area contributed by atoms with E-state index in [1.807, 2.05) is 19.9 Å². The highest BCUT2D eigenvalue weighted by atomic mass is 16.5. The second-order valence-electron chi connectivity index (χ2n) is 9.40. The van der Waals surface area contributed by atoms with Crippen molar-refractivity contribution >= 4 is 11.8 Å². The van der Waals surface area contributed by atoms with Crippen LogP contribution in [0.5, 0.6) is 11.5 Å². The van der Waals surface area contributed by atoms with Crippen molar-refractivity contribution in [2.75, 3.05) is 7.11 Å². The largest absolute Gasteiger partial charge is 0.507 e. The summed E-state index contributed by atoms with van der Waals surface area (Å²) in [5, 5.41) is 9.75. The topological polar surface area (TPSA) is 72.8 Å². The van der Waals surface area contributed by atoms with Gasteiger partial charge in [0.15, 0.2) is 5.78 Å². The number of rotatable bonds is 16.